The molecule has 1 saturated heterocycles. The molecule has 0 aliphatic carbocycles. The van der Waals surface area contributed by atoms with E-state index >= 15 is 0 Å². The lowest BCUT2D eigenvalue weighted by molar-refractivity contribution is 0.104. The van der Waals surface area contributed by atoms with Crippen molar-refractivity contribution < 1.29 is 0 Å². The first-order chi connectivity index (χ1) is 8.81. The standard InChI is InChI=1S/C15H21N3/c1-14(15-6-3-2-4-7-15)18-12-10-17(11-13-18)9-5-8-16/h2-4,6-7,14H,5,9-13H2,1H3. The van der Waals surface area contributed by atoms with Crippen molar-refractivity contribution in [1.29, 1.82) is 5.26 Å². The van der Waals surface area contributed by atoms with E-state index in [-0.39, 0.29) is 0 Å². The molecule has 18 heavy (non-hydrogen) atoms. The normalized spacial score (nSPS) is 19.3. The lowest BCUT2D eigenvalue weighted by Gasteiger charge is -2.38. The first-order valence-electron chi connectivity index (χ1n) is 6.69. The summed E-state index contributed by atoms with van der Waals surface area (Å²) in [6.07, 6.45) is 0.647. The maximum atomic E-state index is 8.60. The Morgan fingerprint density at radius 3 is 2.44 bits per heavy atom. The Bertz CT molecular complexity index is 388. The fourth-order valence-corrected chi connectivity index (χ4v) is 2.52. The van der Waals surface area contributed by atoms with E-state index in [2.05, 4.69) is 53.1 Å². The van der Waals surface area contributed by atoms with Crippen LogP contribution in [-0.4, -0.2) is 42.5 Å². The molecule has 1 heterocycles. The summed E-state index contributed by atoms with van der Waals surface area (Å²) < 4.78 is 0. The number of hydrogen-bond donors (Lipinski definition) is 0. The van der Waals surface area contributed by atoms with Gasteiger partial charge in [0.15, 0.2) is 0 Å². The van der Waals surface area contributed by atoms with Crippen LogP contribution in [-0.2, 0) is 0 Å². The van der Waals surface area contributed by atoms with Crippen LogP contribution >= 0.6 is 0 Å². The average Bonchev–Trinajstić information content (AvgIpc) is 2.46. The van der Waals surface area contributed by atoms with Gasteiger partial charge in [-0.15, -0.1) is 0 Å². The Hall–Kier alpha value is -1.37. The summed E-state index contributed by atoms with van der Waals surface area (Å²) in [5.41, 5.74) is 1.39. The lowest BCUT2D eigenvalue weighted by atomic mass is 10.1. The van der Waals surface area contributed by atoms with Crippen LogP contribution in [0.15, 0.2) is 30.3 Å². The highest BCUT2D eigenvalue weighted by Crippen LogP contribution is 2.21. The van der Waals surface area contributed by atoms with Crippen LogP contribution in [0.25, 0.3) is 0 Å². The third-order valence-corrected chi connectivity index (χ3v) is 3.78. The SMILES string of the molecule is CC(c1ccccc1)N1CCN(CCC#N)CC1. The van der Waals surface area contributed by atoms with Crippen LogP contribution in [0.4, 0.5) is 0 Å². The Morgan fingerprint density at radius 2 is 1.83 bits per heavy atom. The molecule has 1 atom stereocenters. The summed E-state index contributed by atoms with van der Waals surface area (Å²) in [5, 5.41) is 8.60. The van der Waals surface area contributed by atoms with Gasteiger partial charge in [-0.2, -0.15) is 5.26 Å². The molecular formula is C15H21N3. The van der Waals surface area contributed by atoms with Gasteiger partial charge in [0.25, 0.3) is 0 Å². The van der Waals surface area contributed by atoms with E-state index < -0.39 is 0 Å². The van der Waals surface area contributed by atoms with Gasteiger partial charge >= 0.3 is 0 Å². The molecule has 3 nitrogen and oxygen atoms in total. The second-order valence-electron chi connectivity index (χ2n) is 4.87. The van der Waals surface area contributed by atoms with Crippen molar-refractivity contribution in [2.45, 2.75) is 19.4 Å². The molecule has 1 fully saturated rings. The van der Waals surface area contributed by atoms with Gasteiger partial charge in [0.1, 0.15) is 0 Å². The van der Waals surface area contributed by atoms with E-state index in [0.29, 0.717) is 12.5 Å². The third kappa shape index (κ3) is 3.32. The molecule has 1 aromatic carbocycles. The highest BCUT2D eigenvalue weighted by atomic mass is 15.3. The smallest absolute Gasteiger partial charge is 0.0635 e. The van der Waals surface area contributed by atoms with Gasteiger partial charge in [-0.05, 0) is 12.5 Å². The Balaban J connectivity index is 1.85. The zero-order valence-corrected chi connectivity index (χ0v) is 11.0. The topological polar surface area (TPSA) is 30.3 Å². The lowest BCUT2D eigenvalue weighted by Crippen LogP contribution is -2.47. The van der Waals surface area contributed by atoms with Crippen LogP contribution in [0.1, 0.15) is 24.9 Å². The van der Waals surface area contributed by atoms with Crippen molar-refractivity contribution in [3.05, 3.63) is 35.9 Å². The molecule has 2 rings (SSSR count). The number of piperazine rings is 1. The predicted octanol–water partition coefficient (Wildman–Crippen LogP) is 2.28. The maximum absolute atomic E-state index is 8.60. The monoisotopic (exact) mass is 243 g/mol. The highest BCUT2D eigenvalue weighted by molar-refractivity contribution is 5.18. The third-order valence-electron chi connectivity index (χ3n) is 3.78. The van der Waals surface area contributed by atoms with Crippen molar-refractivity contribution in [1.82, 2.24) is 9.80 Å². The second kappa shape index (κ2) is 6.53. The summed E-state index contributed by atoms with van der Waals surface area (Å²) in [6, 6.07) is 13.4. The molecule has 1 unspecified atom stereocenters. The van der Waals surface area contributed by atoms with E-state index in [4.69, 9.17) is 5.26 Å². The van der Waals surface area contributed by atoms with Crippen LogP contribution in [0.5, 0.6) is 0 Å². The summed E-state index contributed by atoms with van der Waals surface area (Å²) in [7, 11) is 0. The number of benzene rings is 1. The first-order valence-corrected chi connectivity index (χ1v) is 6.69. The predicted molar refractivity (Wildman–Crippen MR) is 73.1 cm³/mol. The van der Waals surface area contributed by atoms with E-state index in [1.165, 1.54) is 5.56 Å². The molecule has 0 radical (unpaired) electrons. The van der Waals surface area contributed by atoms with Gasteiger partial charge in [-0.25, -0.2) is 0 Å². The van der Waals surface area contributed by atoms with E-state index in [1.807, 2.05) is 0 Å². The number of nitrogens with zero attached hydrogens (tertiary/aromatic N) is 3. The van der Waals surface area contributed by atoms with Crippen molar-refractivity contribution in [3.8, 4) is 6.07 Å². The van der Waals surface area contributed by atoms with Gasteiger partial charge in [-0.3, -0.25) is 9.80 Å². The summed E-state index contributed by atoms with van der Waals surface area (Å²) in [5.74, 6) is 0. The van der Waals surface area contributed by atoms with Gasteiger partial charge in [0.2, 0.25) is 0 Å². The van der Waals surface area contributed by atoms with Crippen LogP contribution < -0.4 is 0 Å². The molecule has 96 valence electrons. The number of hydrogen-bond acceptors (Lipinski definition) is 3. The second-order valence-corrected chi connectivity index (χ2v) is 4.87. The van der Waals surface area contributed by atoms with E-state index in [9.17, 15) is 0 Å². The Labute approximate surface area is 110 Å². The molecule has 1 aromatic rings. The molecule has 0 spiro atoms. The minimum Gasteiger partial charge on any atom is -0.300 e. The van der Waals surface area contributed by atoms with Gasteiger partial charge in [0, 0.05) is 45.2 Å². The molecule has 0 bridgehead atoms. The van der Waals surface area contributed by atoms with Crippen molar-refractivity contribution >= 4 is 0 Å². The summed E-state index contributed by atoms with van der Waals surface area (Å²) in [6.45, 7) is 7.56. The Kier molecular flexibility index (Phi) is 4.74. The van der Waals surface area contributed by atoms with Gasteiger partial charge in [0.05, 0.1) is 6.07 Å². The molecule has 0 aromatic heterocycles. The van der Waals surface area contributed by atoms with Crippen LogP contribution in [0.2, 0.25) is 0 Å². The van der Waals surface area contributed by atoms with Crippen LogP contribution in [0, 0.1) is 11.3 Å². The molecule has 3 heteroatoms. The molecule has 0 N–H and O–H groups in total. The molecule has 1 aliphatic rings. The van der Waals surface area contributed by atoms with Crippen molar-refractivity contribution in [2.24, 2.45) is 0 Å². The zero-order chi connectivity index (χ0) is 12.8. The highest BCUT2D eigenvalue weighted by Gasteiger charge is 2.21. The van der Waals surface area contributed by atoms with E-state index in [1.54, 1.807) is 0 Å². The van der Waals surface area contributed by atoms with Gasteiger partial charge < -0.3 is 0 Å². The molecule has 0 saturated carbocycles. The fraction of sp³-hybridized carbons (Fsp3) is 0.533. The molecule has 1 aliphatic heterocycles. The zero-order valence-electron chi connectivity index (χ0n) is 11.0. The van der Waals surface area contributed by atoms with Crippen molar-refractivity contribution in [2.75, 3.05) is 32.7 Å². The minimum absolute atomic E-state index is 0.490. The largest absolute Gasteiger partial charge is 0.300 e. The molecule has 0 amide bonds. The minimum atomic E-state index is 0.490. The first kappa shape index (κ1) is 13.1. The van der Waals surface area contributed by atoms with Crippen LogP contribution in [0.3, 0.4) is 0 Å². The average molecular weight is 243 g/mol. The summed E-state index contributed by atoms with van der Waals surface area (Å²) in [4.78, 5) is 4.91. The Morgan fingerprint density at radius 1 is 1.17 bits per heavy atom. The van der Waals surface area contributed by atoms with Gasteiger partial charge in [-0.1, -0.05) is 30.3 Å². The quantitative estimate of drug-likeness (QED) is 0.812. The maximum Gasteiger partial charge on any atom is 0.0635 e. The summed E-state index contributed by atoms with van der Waals surface area (Å²) >= 11 is 0. The number of nitriles is 1. The van der Waals surface area contributed by atoms with E-state index in [0.717, 1.165) is 32.7 Å². The van der Waals surface area contributed by atoms with Crippen molar-refractivity contribution in [3.63, 3.8) is 0 Å². The molecular weight excluding hydrogens is 222 g/mol. The number of rotatable bonds is 4. The fourth-order valence-electron chi connectivity index (χ4n) is 2.52.